The molecule has 0 radical (unpaired) electrons. The largest absolute Gasteiger partial charge is 0.294 e. The predicted molar refractivity (Wildman–Crippen MR) is 104 cm³/mol. The van der Waals surface area contributed by atoms with Gasteiger partial charge in [-0.3, -0.25) is 39.9 Å². The summed E-state index contributed by atoms with van der Waals surface area (Å²) < 4.78 is 0. The lowest BCUT2D eigenvalue weighted by Gasteiger charge is -2.10. The summed E-state index contributed by atoms with van der Waals surface area (Å²) >= 11 is 0. The van der Waals surface area contributed by atoms with Crippen LogP contribution in [0.15, 0.2) is 24.3 Å². The van der Waals surface area contributed by atoms with Gasteiger partial charge in [0.1, 0.15) is 0 Å². The molecule has 30 heavy (non-hydrogen) atoms. The van der Waals surface area contributed by atoms with Crippen molar-refractivity contribution in [1.82, 2.24) is 0 Å². The number of Topliss-reactive ketones (excluding diaryl/α,β-unsaturated/α-hetero) is 1. The van der Waals surface area contributed by atoms with Gasteiger partial charge in [0.2, 0.25) is 0 Å². The van der Waals surface area contributed by atoms with Crippen LogP contribution in [0.1, 0.15) is 53.0 Å². The van der Waals surface area contributed by atoms with Crippen LogP contribution in [-0.2, 0) is 0 Å². The molecule has 0 bridgehead atoms. The van der Waals surface area contributed by atoms with Crippen LogP contribution in [0.2, 0.25) is 0 Å². The maximum Gasteiger partial charge on any atom is 0.284 e. The zero-order chi connectivity index (χ0) is 22.3. The van der Waals surface area contributed by atoms with E-state index in [0.29, 0.717) is 12.5 Å². The van der Waals surface area contributed by atoms with E-state index in [-0.39, 0.29) is 40.2 Å². The SMILES string of the molecule is CC(C)CCC(=O)c1cc([N+](=O)[O-])cc2c1-c1c(cc([N+](=O)[O-])cc1[N+](=O)[O-])C2=O. The van der Waals surface area contributed by atoms with E-state index in [4.69, 9.17) is 0 Å². The lowest BCUT2D eigenvalue weighted by Crippen LogP contribution is -2.06. The Kier molecular flexibility index (Phi) is 5.13. The number of nitro groups is 3. The molecule has 0 amide bonds. The summed E-state index contributed by atoms with van der Waals surface area (Å²) in [4.78, 5) is 57.3. The van der Waals surface area contributed by atoms with E-state index in [1.54, 1.807) is 0 Å². The number of hydrogen-bond acceptors (Lipinski definition) is 8. The first-order chi connectivity index (χ1) is 14.0. The Balaban J connectivity index is 2.35. The Hall–Kier alpha value is -4.02. The molecule has 2 aromatic carbocycles. The van der Waals surface area contributed by atoms with Crippen molar-refractivity contribution < 1.29 is 24.4 Å². The first-order valence-corrected chi connectivity index (χ1v) is 8.90. The molecule has 1 aliphatic carbocycles. The first-order valence-electron chi connectivity index (χ1n) is 8.90. The van der Waals surface area contributed by atoms with Gasteiger partial charge >= 0.3 is 0 Å². The third kappa shape index (κ3) is 3.41. The Labute approximate surface area is 168 Å². The quantitative estimate of drug-likeness (QED) is 0.315. The van der Waals surface area contributed by atoms with Gasteiger partial charge in [-0.2, -0.15) is 0 Å². The van der Waals surface area contributed by atoms with Gasteiger partial charge in [-0.15, -0.1) is 0 Å². The van der Waals surface area contributed by atoms with E-state index in [0.717, 1.165) is 18.2 Å². The van der Waals surface area contributed by atoms with Crippen molar-refractivity contribution in [3.63, 3.8) is 0 Å². The number of carbonyl (C=O) groups excluding carboxylic acids is 2. The van der Waals surface area contributed by atoms with Crippen LogP contribution in [0.4, 0.5) is 17.1 Å². The number of carbonyl (C=O) groups is 2. The molecular weight excluding hydrogens is 398 g/mol. The molecule has 0 aromatic heterocycles. The normalized spacial score (nSPS) is 11.9. The number of non-ortho nitro benzene ring substituents is 2. The van der Waals surface area contributed by atoms with E-state index in [9.17, 15) is 39.9 Å². The van der Waals surface area contributed by atoms with Gasteiger partial charge in [0.15, 0.2) is 11.6 Å². The average molecular weight is 413 g/mol. The summed E-state index contributed by atoms with van der Waals surface area (Å²) in [5.74, 6) is -1.18. The Morgan fingerprint density at radius 2 is 1.40 bits per heavy atom. The van der Waals surface area contributed by atoms with Crippen molar-refractivity contribution in [1.29, 1.82) is 0 Å². The molecular formula is C19H15N3O8. The number of hydrogen-bond donors (Lipinski definition) is 0. The third-order valence-corrected chi connectivity index (χ3v) is 4.83. The van der Waals surface area contributed by atoms with E-state index in [2.05, 4.69) is 0 Å². The minimum absolute atomic E-state index is 0.0234. The molecule has 0 aliphatic heterocycles. The minimum Gasteiger partial charge on any atom is -0.294 e. The van der Waals surface area contributed by atoms with Crippen LogP contribution in [0.3, 0.4) is 0 Å². The van der Waals surface area contributed by atoms with Crippen LogP contribution in [0.5, 0.6) is 0 Å². The summed E-state index contributed by atoms with van der Waals surface area (Å²) in [5, 5.41) is 34.1. The molecule has 3 rings (SSSR count). The summed E-state index contributed by atoms with van der Waals surface area (Å²) in [7, 11) is 0. The highest BCUT2D eigenvalue weighted by Crippen LogP contribution is 2.47. The second-order valence-electron chi connectivity index (χ2n) is 7.26. The van der Waals surface area contributed by atoms with E-state index < -0.39 is 43.4 Å². The van der Waals surface area contributed by atoms with E-state index in [1.807, 2.05) is 13.8 Å². The average Bonchev–Trinajstić information content (AvgIpc) is 2.96. The van der Waals surface area contributed by atoms with Crippen molar-refractivity contribution in [2.75, 3.05) is 0 Å². The van der Waals surface area contributed by atoms with E-state index in [1.165, 1.54) is 0 Å². The fourth-order valence-corrected chi connectivity index (χ4v) is 3.40. The smallest absolute Gasteiger partial charge is 0.284 e. The van der Waals surface area contributed by atoms with E-state index >= 15 is 0 Å². The van der Waals surface area contributed by atoms with Gasteiger partial charge in [-0.25, -0.2) is 0 Å². The third-order valence-electron chi connectivity index (χ3n) is 4.83. The Morgan fingerprint density at radius 3 is 1.90 bits per heavy atom. The van der Waals surface area contributed by atoms with Gasteiger partial charge in [0.25, 0.3) is 17.1 Å². The van der Waals surface area contributed by atoms with Crippen LogP contribution in [0.25, 0.3) is 11.1 Å². The number of fused-ring (bicyclic) bond motifs is 3. The second-order valence-corrected chi connectivity index (χ2v) is 7.26. The standard InChI is InChI=1S/C19H15N3O8/c1-9(2)3-4-16(23)12-5-10(20(25)26)6-13-17(12)18-14(19(13)24)7-11(21(27)28)8-15(18)22(29)30/h5-9H,3-4H2,1-2H3. The van der Waals surface area contributed by atoms with Crippen molar-refractivity contribution in [2.24, 2.45) is 5.92 Å². The molecule has 0 fully saturated rings. The topological polar surface area (TPSA) is 164 Å². The van der Waals surface area contributed by atoms with Crippen molar-refractivity contribution in [2.45, 2.75) is 26.7 Å². The molecule has 0 saturated heterocycles. The highest BCUT2D eigenvalue weighted by Gasteiger charge is 2.40. The van der Waals surface area contributed by atoms with Crippen LogP contribution in [0, 0.1) is 36.3 Å². The van der Waals surface area contributed by atoms with Gasteiger partial charge < -0.3 is 0 Å². The van der Waals surface area contributed by atoms with Gasteiger partial charge in [-0.1, -0.05) is 13.8 Å². The molecule has 0 saturated carbocycles. The number of benzene rings is 2. The van der Waals surface area contributed by atoms with Crippen LogP contribution in [-0.4, -0.2) is 26.3 Å². The second kappa shape index (κ2) is 7.43. The lowest BCUT2D eigenvalue weighted by atomic mass is 9.92. The molecule has 0 spiro atoms. The molecule has 0 unspecified atom stereocenters. The first kappa shape index (κ1) is 20.7. The fourth-order valence-electron chi connectivity index (χ4n) is 3.40. The van der Waals surface area contributed by atoms with Crippen LogP contribution < -0.4 is 0 Å². The maximum atomic E-state index is 12.9. The molecule has 1 aliphatic rings. The highest BCUT2D eigenvalue weighted by molar-refractivity contribution is 6.26. The van der Waals surface area contributed by atoms with Gasteiger partial charge in [0, 0.05) is 46.9 Å². The monoisotopic (exact) mass is 413 g/mol. The molecule has 0 heterocycles. The van der Waals surface area contributed by atoms with Crippen molar-refractivity contribution >= 4 is 28.6 Å². The summed E-state index contributed by atoms with van der Waals surface area (Å²) in [6, 6.07) is 3.53. The summed E-state index contributed by atoms with van der Waals surface area (Å²) in [5.41, 5.74) is -2.96. The number of nitro benzene ring substituents is 3. The summed E-state index contributed by atoms with van der Waals surface area (Å²) in [6.45, 7) is 3.77. The number of rotatable bonds is 7. The lowest BCUT2D eigenvalue weighted by molar-refractivity contribution is -0.393. The van der Waals surface area contributed by atoms with Crippen molar-refractivity contribution in [3.8, 4) is 11.1 Å². The molecule has 2 aromatic rings. The summed E-state index contributed by atoms with van der Waals surface area (Å²) in [6.07, 6.45) is 0.495. The molecule has 11 heteroatoms. The number of ketones is 2. The molecule has 0 atom stereocenters. The minimum atomic E-state index is -0.877. The molecule has 154 valence electrons. The van der Waals surface area contributed by atoms with Crippen LogP contribution >= 0.6 is 0 Å². The molecule has 11 nitrogen and oxygen atoms in total. The van der Waals surface area contributed by atoms with Gasteiger partial charge in [0.05, 0.1) is 26.4 Å². The Bertz CT molecular complexity index is 1150. The predicted octanol–water partition coefficient (Wildman–Crippen LogP) is 4.24. The highest BCUT2D eigenvalue weighted by atomic mass is 16.6. The fraction of sp³-hybridized carbons (Fsp3) is 0.263. The Morgan fingerprint density at radius 1 is 0.867 bits per heavy atom. The number of nitrogens with zero attached hydrogens (tertiary/aromatic N) is 3. The zero-order valence-corrected chi connectivity index (χ0v) is 15.9. The zero-order valence-electron chi connectivity index (χ0n) is 15.9. The van der Waals surface area contributed by atoms with Gasteiger partial charge in [-0.05, 0) is 12.3 Å². The molecule has 0 N–H and O–H groups in total. The van der Waals surface area contributed by atoms with Crippen molar-refractivity contribution in [3.05, 3.63) is 71.3 Å². The maximum absolute atomic E-state index is 12.9.